The lowest BCUT2D eigenvalue weighted by Crippen LogP contribution is -2.56. The highest BCUT2D eigenvalue weighted by atomic mass is 32.2. The van der Waals surface area contributed by atoms with Crippen molar-refractivity contribution in [3.05, 3.63) is 107 Å². The summed E-state index contributed by atoms with van der Waals surface area (Å²) < 4.78 is -0.453. The van der Waals surface area contributed by atoms with E-state index in [9.17, 15) is 14.4 Å². The van der Waals surface area contributed by atoms with E-state index < -0.39 is 22.7 Å². The predicted molar refractivity (Wildman–Crippen MR) is 162 cm³/mol. The molecule has 0 aromatic heterocycles. The van der Waals surface area contributed by atoms with Crippen molar-refractivity contribution in [2.75, 3.05) is 5.88 Å². The number of carbonyl (C=O) groups excluding carboxylic acids is 3. The van der Waals surface area contributed by atoms with Gasteiger partial charge in [0, 0.05) is 22.9 Å². The second kappa shape index (κ2) is 12.7. The first kappa shape index (κ1) is 29.4. The van der Waals surface area contributed by atoms with Gasteiger partial charge in [-0.25, -0.2) is 0 Å². The second-order valence-corrected chi connectivity index (χ2v) is 12.8. The third kappa shape index (κ3) is 6.94. The molecule has 3 amide bonds. The van der Waals surface area contributed by atoms with Crippen molar-refractivity contribution >= 4 is 29.5 Å². The molecule has 0 saturated carbocycles. The van der Waals surface area contributed by atoms with Gasteiger partial charge >= 0.3 is 0 Å². The lowest BCUT2D eigenvalue weighted by Gasteiger charge is -2.34. The molecule has 3 aromatic rings. The smallest absolute Gasteiger partial charge is 0.251 e. The fourth-order valence-corrected chi connectivity index (χ4v) is 6.33. The van der Waals surface area contributed by atoms with Gasteiger partial charge < -0.3 is 15.5 Å². The molecule has 1 unspecified atom stereocenters. The Morgan fingerprint density at radius 2 is 1.68 bits per heavy atom. The molecule has 1 heterocycles. The number of benzene rings is 3. The summed E-state index contributed by atoms with van der Waals surface area (Å²) in [6, 6.07) is 24.2. The Morgan fingerprint density at radius 1 is 0.975 bits per heavy atom. The van der Waals surface area contributed by atoms with Crippen molar-refractivity contribution in [3.8, 4) is 0 Å². The average molecular weight is 558 g/mol. The molecule has 40 heavy (non-hydrogen) atoms. The molecule has 7 heteroatoms. The largest absolute Gasteiger partial charge is 0.350 e. The molecule has 2 N–H and O–H groups in total. The molecule has 0 spiro atoms. The minimum atomic E-state index is -0.624. The lowest BCUT2D eigenvalue weighted by molar-refractivity contribution is -0.142. The second-order valence-electron chi connectivity index (χ2n) is 11.2. The van der Waals surface area contributed by atoms with Crippen LogP contribution in [0.4, 0.5) is 0 Å². The van der Waals surface area contributed by atoms with Crippen molar-refractivity contribution in [1.82, 2.24) is 15.5 Å². The highest BCUT2D eigenvalue weighted by molar-refractivity contribution is 8.00. The van der Waals surface area contributed by atoms with Crippen LogP contribution in [0.5, 0.6) is 0 Å². The number of carbonyl (C=O) groups is 3. The van der Waals surface area contributed by atoms with Crippen LogP contribution in [-0.2, 0) is 22.6 Å². The quantitative estimate of drug-likeness (QED) is 0.375. The summed E-state index contributed by atoms with van der Waals surface area (Å²) in [5, 5.41) is 6.21. The molecule has 4 rings (SSSR count). The molecule has 3 atom stereocenters. The van der Waals surface area contributed by atoms with Gasteiger partial charge in [0.2, 0.25) is 11.8 Å². The molecule has 1 aliphatic heterocycles. The summed E-state index contributed by atoms with van der Waals surface area (Å²) >= 11 is 1.60. The Labute approximate surface area is 241 Å². The summed E-state index contributed by atoms with van der Waals surface area (Å²) in [6.07, 6.45) is 0.500. The van der Waals surface area contributed by atoms with E-state index in [1.54, 1.807) is 22.7 Å². The van der Waals surface area contributed by atoms with E-state index in [-0.39, 0.29) is 17.7 Å². The Balaban J connectivity index is 1.54. The SMILES string of the molecule is Cc1cccc(C(=O)NC(Cc2ccccc2)[C@H](C)C(=O)N2CSC(C)(C)[C@H]2C(=O)NCc2ccccc2C)c1. The zero-order valence-corrected chi connectivity index (χ0v) is 24.8. The van der Waals surface area contributed by atoms with Crippen LogP contribution >= 0.6 is 11.8 Å². The van der Waals surface area contributed by atoms with E-state index in [1.165, 1.54) is 0 Å². The molecule has 210 valence electrons. The molecule has 0 aliphatic carbocycles. The fourth-order valence-electron chi connectivity index (χ4n) is 5.19. The van der Waals surface area contributed by atoms with Gasteiger partial charge in [0.15, 0.2) is 0 Å². The van der Waals surface area contributed by atoms with Gasteiger partial charge in [-0.1, -0.05) is 79.2 Å². The highest BCUT2D eigenvalue weighted by Gasteiger charge is 2.49. The lowest BCUT2D eigenvalue weighted by atomic mass is 9.91. The van der Waals surface area contributed by atoms with Gasteiger partial charge in [-0.05, 0) is 62.9 Å². The van der Waals surface area contributed by atoms with Gasteiger partial charge in [0.1, 0.15) is 6.04 Å². The average Bonchev–Trinajstić information content (AvgIpc) is 3.26. The number of nitrogens with one attached hydrogen (secondary N) is 2. The van der Waals surface area contributed by atoms with Gasteiger partial charge in [-0.15, -0.1) is 11.8 Å². The van der Waals surface area contributed by atoms with Gasteiger partial charge in [0.25, 0.3) is 5.91 Å². The normalized spacial score (nSPS) is 17.6. The summed E-state index contributed by atoms with van der Waals surface area (Å²) in [4.78, 5) is 42.6. The van der Waals surface area contributed by atoms with Crippen LogP contribution in [0.25, 0.3) is 0 Å². The monoisotopic (exact) mass is 557 g/mol. The van der Waals surface area contributed by atoms with E-state index in [0.717, 1.165) is 22.3 Å². The van der Waals surface area contributed by atoms with E-state index in [2.05, 4.69) is 10.6 Å². The number of hydrogen-bond donors (Lipinski definition) is 2. The molecular formula is C33H39N3O3S. The number of hydrogen-bond acceptors (Lipinski definition) is 4. The van der Waals surface area contributed by atoms with E-state index in [1.807, 2.05) is 107 Å². The molecule has 3 aromatic carbocycles. The topological polar surface area (TPSA) is 78.5 Å². The first-order valence-corrected chi connectivity index (χ1v) is 14.7. The van der Waals surface area contributed by atoms with Gasteiger partial charge in [0.05, 0.1) is 11.8 Å². The molecule has 0 bridgehead atoms. The Kier molecular flexibility index (Phi) is 9.36. The van der Waals surface area contributed by atoms with Gasteiger partial charge in [-0.2, -0.15) is 0 Å². The number of nitrogens with zero attached hydrogens (tertiary/aromatic N) is 1. The highest BCUT2D eigenvalue weighted by Crippen LogP contribution is 2.40. The van der Waals surface area contributed by atoms with Crippen molar-refractivity contribution in [2.45, 2.75) is 64.4 Å². The Hall–Kier alpha value is -3.58. The van der Waals surface area contributed by atoms with Crippen LogP contribution in [0.3, 0.4) is 0 Å². The minimum Gasteiger partial charge on any atom is -0.350 e. The maximum absolute atomic E-state index is 14.1. The third-order valence-corrected chi connectivity index (χ3v) is 9.05. The number of aryl methyl sites for hydroxylation is 2. The van der Waals surface area contributed by atoms with E-state index in [0.29, 0.717) is 24.4 Å². The molecule has 1 aliphatic rings. The van der Waals surface area contributed by atoms with Crippen LogP contribution in [0.15, 0.2) is 78.9 Å². The Morgan fingerprint density at radius 3 is 2.38 bits per heavy atom. The van der Waals surface area contributed by atoms with Crippen LogP contribution in [0.1, 0.15) is 53.4 Å². The summed E-state index contributed by atoms with van der Waals surface area (Å²) in [7, 11) is 0. The fraction of sp³-hybridized carbons (Fsp3) is 0.364. The molecule has 1 saturated heterocycles. The zero-order valence-electron chi connectivity index (χ0n) is 23.9. The molecular weight excluding hydrogens is 518 g/mol. The molecule has 6 nitrogen and oxygen atoms in total. The van der Waals surface area contributed by atoms with Crippen LogP contribution < -0.4 is 10.6 Å². The first-order valence-electron chi connectivity index (χ1n) is 13.7. The number of thioether (sulfide) groups is 1. The summed E-state index contributed by atoms with van der Waals surface area (Å²) in [6.45, 7) is 10.2. The zero-order chi connectivity index (χ0) is 28.9. The predicted octanol–water partition coefficient (Wildman–Crippen LogP) is 5.28. The van der Waals surface area contributed by atoms with Crippen LogP contribution in [0.2, 0.25) is 0 Å². The number of rotatable bonds is 9. The van der Waals surface area contributed by atoms with E-state index in [4.69, 9.17) is 0 Å². The maximum atomic E-state index is 14.1. The number of amides is 3. The summed E-state index contributed by atoms with van der Waals surface area (Å²) in [5.41, 5.74) is 4.74. The molecule has 1 fully saturated rings. The van der Waals surface area contributed by atoms with E-state index >= 15 is 0 Å². The van der Waals surface area contributed by atoms with Crippen molar-refractivity contribution in [1.29, 1.82) is 0 Å². The standard InChI is InChI=1S/C33H39N3O3S/c1-22-12-11-17-26(18-22)30(37)35-28(19-25-14-7-6-8-15-25)24(3)32(39)36-21-40-33(4,5)29(36)31(38)34-20-27-16-10-9-13-23(27)2/h6-18,24,28-29H,19-21H2,1-5H3,(H,34,38)(H,35,37)/t24-,28?,29+/m0/s1. The Bertz CT molecular complexity index is 1360. The van der Waals surface area contributed by atoms with Crippen molar-refractivity contribution < 1.29 is 14.4 Å². The van der Waals surface area contributed by atoms with Crippen molar-refractivity contribution in [2.24, 2.45) is 5.92 Å². The van der Waals surface area contributed by atoms with Gasteiger partial charge in [-0.3, -0.25) is 14.4 Å². The van der Waals surface area contributed by atoms with Crippen molar-refractivity contribution in [3.63, 3.8) is 0 Å². The maximum Gasteiger partial charge on any atom is 0.251 e. The van der Waals surface area contributed by atoms with Crippen LogP contribution in [-0.4, -0.2) is 45.3 Å². The third-order valence-electron chi connectivity index (χ3n) is 7.68. The first-order chi connectivity index (χ1) is 19.1. The summed E-state index contributed by atoms with van der Waals surface area (Å²) in [5.74, 6) is -0.646. The van der Waals surface area contributed by atoms with Crippen LogP contribution in [0, 0.1) is 19.8 Å². The molecule has 0 radical (unpaired) electrons. The minimum absolute atomic E-state index is 0.139.